The third kappa shape index (κ3) is 2.33. The summed E-state index contributed by atoms with van der Waals surface area (Å²) in [6.07, 6.45) is 1.96. The van der Waals surface area contributed by atoms with Gasteiger partial charge in [-0.3, -0.25) is 9.91 Å². The molecule has 0 aromatic carbocycles. The van der Waals surface area contributed by atoms with Crippen LogP contribution in [-0.2, 0) is 4.84 Å². The fourth-order valence-electron chi connectivity index (χ4n) is 1.48. The number of nitrogens with zero attached hydrogens (tertiary/aromatic N) is 3. The summed E-state index contributed by atoms with van der Waals surface area (Å²) in [5.41, 5.74) is 2.82. The second kappa shape index (κ2) is 3.95. The van der Waals surface area contributed by atoms with Crippen LogP contribution in [0, 0.1) is 0 Å². The summed E-state index contributed by atoms with van der Waals surface area (Å²) in [7, 11) is 0. The van der Waals surface area contributed by atoms with E-state index in [0.29, 0.717) is 0 Å². The fourth-order valence-corrected chi connectivity index (χ4v) is 1.48. The van der Waals surface area contributed by atoms with Crippen molar-refractivity contribution in [2.45, 2.75) is 6.92 Å². The van der Waals surface area contributed by atoms with E-state index < -0.39 is 0 Å². The Morgan fingerprint density at radius 2 is 2.31 bits per heavy atom. The molecule has 5 heteroatoms. The fraction of sp³-hybridized carbons (Fsp3) is 0.750. The summed E-state index contributed by atoms with van der Waals surface area (Å²) >= 11 is 0. The van der Waals surface area contributed by atoms with Crippen LogP contribution in [0.3, 0.4) is 0 Å². The number of rotatable bonds is 2. The van der Waals surface area contributed by atoms with Crippen LogP contribution >= 0.6 is 0 Å². The van der Waals surface area contributed by atoms with E-state index in [1.54, 1.807) is 0 Å². The lowest BCUT2D eigenvalue weighted by atomic mass is 10.4. The maximum Gasteiger partial charge on any atom is 0.141 e. The molecule has 1 fully saturated rings. The molecule has 0 atom stereocenters. The Balaban J connectivity index is 1.77. The minimum Gasteiger partial charge on any atom is -0.392 e. The maximum absolute atomic E-state index is 5.09. The van der Waals surface area contributed by atoms with Gasteiger partial charge in [0.1, 0.15) is 5.76 Å². The SMILES string of the molecule is CC1=CN(CN2CC[N]CC2)NO1. The van der Waals surface area contributed by atoms with Crippen molar-refractivity contribution in [2.24, 2.45) is 0 Å². The first-order valence-electron chi connectivity index (χ1n) is 4.58. The molecule has 0 unspecified atom stereocenters. The third-order valence-corrected chi connectivity index (χ3v) is 2.16. The lowest BCUT2D eigenvalue weighted by molar-refractivity contribution is -0.00885. The molecular formula is C8H15N4O. The van der Waals surface area contributed by atoms with Crippen LogP contribution in [0.4, 0.5) is 0 Å². The highest BCUT2D eigenvalue weighted by atomic mass is 16.7. The van der Waals surface area contributed by atoms with Gasteiger partial charge in [-0.05, 0) is 6.92 Å². The summed E-state index contributed by atoms with van der Waals surface area (Å²) in [6.45, 7) is 6.80. The molecule has 1 saturated heterocycles. The standard InChI is InChI=1S/C8H15N4O/c1-8-6-12(10-13-8)7-11-4-2-9-3-5-11/h6,10H,2-5,7H2,1H3. The molecule has 0 amide bonds. The minimum atomic E-state index is 0.868. The van der Waals surface area contributed by atoms with Crippen LogP contribution in [0.2, 0.25) is 0 Å². The maximum atomic E-state index is 5.09. The molecule has 0 spiro atoms. The van der Waals surface area contributed by atoms with Crippen LogP contribution in [0.1, 0.15) is 6.92 Å². The summed E-state index contributed by atoms with van der Waals surface area (Å²) in [5, 5.41) is 6.23. The number of hydrogen-bond acceptors (Lipinski definition) is 4. The molecule has 0 aromatic heterocycles. The monoisotopic (exact) mass is 183 g/mol. The van der Waals surface area contributed by atoms with E-state index in [2.05, 4.69) is 15.8 Å². The van der Waals surface area contributed by atoms with Gasteiger partial charge < -0.3 is 4.84 Å². The molecule has 1 radical (unpaired) electrons. The Morgan fingerprint density at radius 3 is 2.92 bits per heavy atom. The minimum absolute atomic E-state index is 0.868. The second-order valence-corrected chi connectivity index (χ2v) is 3.33. The molecular weight excluding hydrogens is 168 g/mol. The number of nitrogens with one attached hydrogen (secondary N) is 1. The predicted molar refractivity (Wildman–Crippen MR) is 48.1 cm³/mol. The smallest absolute Gasteiger partial charge is 0.141 e. The third-order valence-electron chi connectivity index (χ3n) is 2.16. The second-order valence-electron chi connectivity index (χ2n) is 3.33. The molecule has 0 aromatic rings. The van der Waals surface area contributed by atoms with E-state index in [9.17, 15) is 0 Å². The zero-order valence-electron chi connectivity index (χ0n) is 7.86. The Labute approximate surface area is 78.2 Å². The number of piperazine rings is 1. The van der Waals surface area contributed by atoms with E-state index in [4.69, 9.17) is 4.84 Å². The zero-order valence-corrected chi connectivity index (χ0v) is 7.86. The van der Waals surface area contributed by atoms with Gasteiger partial charge in [0, 0.05) is 26.2 Å². The van der Waals surface area contributed by atoms with Crippen LogP contribution in [0.25, 0.3) is 0 Å². The topological polar surface area (TPSA) is 41.8 Å². The Morgan fingerprint density at radius 1 is 1.54 bits per heavy atom. The number of hydrogen-bond donors (Lipinski definition) is 1. The molecule has 2 rings (SSSR count). The first kappa shape index (κ1) is 8.80. The van der Waals surface area contributed by atoms with E-state index in [-0.39, 0.29) is 0 Å². The molecule has 2 aliphatic rings. The van der Waals surface area contributed by atoms with Crippen LogP contribution in [0.15, 0.2) is 12.0 Å². The first-order chi connectivity index (χ1) is 6.34. The molecule has 1 N–H and O–H groups in total. The largest absolute Gasteiger partial charge is 0.392 e. The average Bonchev–Trinajstić information content (AvgIpc) is 2.53. The summed E-state index contributed by atoms with van der Waals surface area (Å²) in [6, 6.07) is 0. The molecule has 5 nitrogen and oxygen atoms in total. The van der Waals surface area contributed by atoms with Gasteiger partial charge >= 0.3 is 0 Å². The van der Waals surface area contributed by atoms with Gasteiger partial charge in [0.2, 0.25) is 0 Å². The Kier molecular flexibility index (Phi) is 2.68. The van der Waals surface area contributed by atoms with Crippen molar-refractivity contribution in [3.63, 3.8) is 0 Å². The van der Waals surface area contributed by atoms with Crippen molar-refractivity contribution in [1.82, 2.24) is 20.8 Å². The van der Waals surface area contributed by atoms with Crippen molar-refractivity contribution in [2.75, 3.05) is 32.8 Å². The lowest BCUT2D eigenvalue weighted by Crippen LogP contribution is -2.46. The number of allylic oxidation sites excluding steroid dienone is 1. The summed E-state index contributed by atoms with van der Waals surface area (Å²) < 4.78 is 0. The van der Waals surface area contributed by atoms with Crippen LogP contribution in [-0.4, -0.2) is 42.8 Å². The van der Waals surface area contributed by atoms with E-state index >= 15 is 0 Å². The van der Waals surface area contributed by atoms with Gasteiger partial charge in [0.15, 0.2) is 0 Å². The van der Waals surface area contributed by atoms with Crippen LogP contribution < -0.4 is 10.9 Å². The quantitative estimate of drug-likeness (QED) is 0.625. The summed E-state index contributed by atoms with van der Waals surface area (Å²) in [4.78, 5) is 7.44. The summed E-state index contributed by atoms with van der Waals surface area (Å²) in [5.74, 6) is 0.904. The highest BCUT2D eigenvalue weighted by Crippen LogP contribution is 2.05. The molecule has 73 valence electrons. The van der Waals surface area contributed by atoms with Crippen molar-refractivity contribution in [3.8, 4) is 0 Å². The molecule has 0 aliphatic carbocycles. The molecule has 13 heavy (non-hydrogen) atoms. The lowest BCUT2D eigenvalue weighted by Gasteiger charge is -2.29. The van der Waals surface area contributed by atoms with Crippen molar-refractivity contribution >= 4 is 0 Å². The Bertz CT molecular complexity index is 200. The van der Waals surface area contributed by atoms with Gasteiger partial charge in [-0.1, -0.05) is 5.59 Å². The van der Waals surface area contributed by atoms with Gasteiger partial charge in [0.25, 0.3) is 0 Å². The van der Waals surface area contributed by atoms with E-state index in [1.165, 1.54) is 0 Å². The van der Waals surface area contributed by atoms with Gasteiger partial charge in [0.05, 0.1) is 12.9 Å². The van der Waals surface area contributed by atoms with Gasteiger partial charge in [-0.15, -0.1) is 0 Å². The average molecular weight is 183 g/mol. The van der Waals surface area contributed by atoms with E-state index in [1.807, 2.05) is 18.1 Å². The highest BCUT2D eigenvalue weighted by molar-refractivity contribution is 4.90. The Hall–Kier alpha value is -0.780. The normalized spacial score (nSPS) is 24.4. The van der Waals surface area contributed by atoms with Crippen molar-refractivity contribution < 1.29 is 4.84 Å². The molecule has 2 heterocycles. The molecule has 2 aliphatic heterocycles. The van der Waals surface area contributed by atoms with Crippen molar-refractivity contribution in [1.29, 1.82) is 0 Å². The van der Waals surface area contributed by atoms with Gasteiger partial charge in [-0.25, -0.2) is 5.32 Å². The zero-order chi connectivity index (χ0) is 9.10. The number of hydrazine groups is 1. The highest BCUT2D eigenvalue weighted by Gasteiger charge is 2.15. The van der Waals surface area contributed by atoms with Crippen molar-refractivity contribution in [3.05, 3.63) is 12.0 Å². The molecule has 0 bridgehead atoms. The van der Waals surface area contributed by atoms with E-state index in [0.717, 1.165) is 38.6 Å². The van der Waals surface area contributed by atoms with Crippen LogP contribution in [0.5, 0.6) is 0 Å². The van der Waals surface area contributed by atoms with Gasteiger partial charge in [-0.2, -0.15) is 0 Å². The first-order valence-corrected chi connectivity index (χ1v) is 4.58. The molecule has 0 saturated carbocycles. The predicted octanol–water partition coefficient (Wildman–Crippen LogP) is -0.523.